The van der Waals surface area contributed by atoms with Crippen molar-refractivity contribution in [1.29, 1.82) is 0 Å². The predicted octanol–water partition coefficient (Wildman–Crippen LogP) is 0.288. The molecule has 8 heteroatoms. The van der Waals surface area contributed by atoms with E-state index in [2.05, 4.69) is 15.7 Å². The number of nitrogens with two attached hydrogens (primary N) is 1. The zero-order valence-electron chi connectivity index (χ0n) is 13.1. The van der Waals surface area contributed by atoms with Gasteiger partial charge in [0.25, 0.3) is 5.91 Å². The van der Waals surface area contributed by atoms with Crippen LogP contribution < -0.4 is 16.4 Å². The van der Waals surface area contributed by atoms with E-state index in [0.717, 1.165) is 12.2 Å². The van der Waals surface area contributed by atoms with Crippen LogP contribution in [0.25, 0.3) is 5.69 Å². The summed E-state index contributed by atoms with van der Waals surface area (Å²) >= 11 is 0. The lowest BCUT2D eigenvalue weighted by Crippen LogP contribution is -2.43. The molecule has 24 heavy (non-hydrogen) atoms. The summed E-state index contributed by atoms with van der Waals surface area (Å²) in [4.78, 5) is 23.1. The second-order valence-electron chi connectivity index (χ2n) is 5.53. The summed E-state index contributed by atoms with van der Waals surface area (Å²) in [6, 6.07) is 8.77. The van der Waals surface area contributed by atoms with Gasteiger partial charge in [0.2, 0.25) is 5.91 Å². The fourth-order valence-electron chi connectivity index (χ4n) is 2.48. The van der Waals surface area contributed by atoms with Gasteiger partial charge in [-0.3, -0.25) is 9.59 Å². The first kappa shape index (κ1) is 16.2. The van der Waals surface area contributed by atoms with E-state index < -0.39 is 5.91 Å². The van der Waals surface area contributed by atoms with E-state index in [1.54, 1.807) is 41.2 Å². The van der Waals surface area contributed by atoms with Crippen LogP contribution in [-0.4, -0.2) is 47.4 Å². The molecule has 1 unspecified atom stereocenters. The van der Waals surface area contributed by atoms with E-state index in [-0.39, 0.29) is 17.6 Å². The second-order valence-corrected chi connectivity index (χ2v) is 5.53. The van der Waals surface area contributed by atoms with Gasteiger partial charge >= 0.3 is 0 Å². The molecule has 4 N–H and O–H groups in total. The quantitative estimate of drug-likeness (QED) is 0.730. The highest BCUT2D eigenvalue weighted by Crippen LogP contribution is 2.14. The van der Waals surface area contributed by atoms with Gasteiger partial charge in [-0.05, 0) is 30.3 Å². The first-order valence-corrected chi connectivity index (χ1v) is 7.69. The zero-order chi connectivity index (χ0) is 16.9. The van der Waals surface area contributed by atoms with Gasteiger partial charge in [0.1, 0.15) is 5.69 Å². The number of anilines is 1. The molecule has 1 fully saturated rings. The van der Waals surface area contributed by atoms with Crippen molar-refractivity contribution in [2.24, 2.45) is 5.73 Å². The summed E-state index contributed by atoms with van der Waals surface area (Å²) in [7, 11) is 0. The standard InChI is InChI=1S/C16H19N5O3/c17-16(23)14-5-7-21(20-14)13-3-1-11(2-4-13)19-15(22)9-12-10-24-8-6-18-12/h1-5,7,12,18H,6,8-10H2,(H2,17,23)(H,19,22). The fourth-order valence-corrected chi connectivity index (χ4v) is 2.48. The topological polar surface area (TPSA) is 111 Å². The Bertz CT molecular complexity index is 720. The van der Waals surface area contributed by atoms with Crippen molar-refractivity contribution in [3.8, 4) is 5.69 Å². The molecule has 1 aliphatic heterocycles. The molecule has 3 rings (SSSR count). The number of hydrogen-bond acceptors (Lipinski definition) is 5. The molecule has 0 saturated carbocycles. The highest BCUT2D eigenvalue weighted by molar-refractivity contribution is 5.91. The highest BCUT2D eigenvalue weighted by atomic mass is 16.5. The Hall–Kier alpha value is -2.71. The molecule has 2 amide bonds. The maximum Gasteiger partial charge on any atom is 0.269 e. The van der Waals surface area contributed by atoms with Crippen LogP contribution in [0.15, 0.2) is 36.5 Å². The molecule has 1 atom stereocenters. The minimum Gasteiger partial charge on any atom is -0.378 e. The molecule has 0 bridgehead atoms. The number of carbonyl (C=O) groups excluding carboxylic acids is 2. The molecule has 1 saturated heterocycles. The van der Waals surface area contributed by atoms with Gasteiger partial charge in [-0.2, -0.15) is 5.10 Å². The minimum atomic E-state index is -0.571. The number of rotatable bonds is 5. The van der Waals surface area contributed by atoms with Crippen molar-refractivity contribution in [3.05, 3.63) is 42.2 Å². The number of amides is 2. The Kier molecular flexibility index (Phi) is 4.88. The number of primary amides is 1. The Morgan fingerprint density at radius 2 is 2.12 bits per heavy atom. The minimum absolute atomic E-state index is 0.0503. The lowest BCUT2D eigenvalue weighted by molar-refractivity contribution is -0.117. The van der Waals surface area contributed by atoms with Crippen molar-refractivity contribution < 1.29 is 14.3 Å². The van der Waals surface area contributed by atoms with Crippen LogP contribution in [-0.2, 0) is 9.53 Å². The van der Waals surface area contributed by atoms with E-state index in [4.69, 9.17) is 10.5 Å². The van der Waals surface area contributed by atoms with E-state index in [0.29, 0.717) is 25.3 Å². The van der Waals surface area contributed by atoms with Gasteiger partial charge in [-0.1, -0.05) is 0 Å². The van der Waals surface area contributed by atoms with Crippen molar-refractivity contribution in [2.75, 3.05) is 25.1 Å². The van der Waals surface area contributed by atoms with Crippen molar-refractivity contribution in [1.82, 2.24) is 15.1 Å². The molecule has 0 radical (unpaired) electrons. The molecule has 8 nitrogen and oxygen atoms in total. The zero-order valence-corrected chi connectivity index (χ0v) is 13.1. The number of aromatic nitrogens is 2. The van der Waals surface area contributed by atoms with E-state index >= 15 is 0 Å². The number of nitrogens with one attached hydrogen (secondary N) is 2. The molecule has 0 aliphatic carbocycles. The smallest absolute Gasteiger partial charge is 0.269 e. The summed E-state index contributed by atoms with van der Waals surface area (Å²) < 4.78 is 6.88. The molecule has 126 valence electrons. The number of hydrogen-bond donors (Lipinski definition) is 3. The van der Waals surface area contributed by atoms with Crippen molar-refractivity contribution in [2.45, 2.75) is 12.5 Å². The Balaban J connectivity index is 1.59. The van der Waals surface area contributed by atoms with E-state index in [1.165, 1.54) is 0 Å². The first-order chi connectivity index (χ1) is 11.6. The van der Waals surface area contributed by atoms with Crippen LogP contribution in [0.5, 0.6) is 0 Å². The lowest BCUT2D eigenvalue weighted by Gasteiger charge is -2.23. The third-order valence-corrected chi connectivity index (χ3v) is 3.69. The Labute approximate surface area is 139 Å². The third kappa shape index (κ3) is 3.98. The molecular formula is C16H19N5O3. The molecular weight excluding hydrogens is 310 g/mol. The van der Waals surface area contributed by atoms with Gasteiger partial charge in [0.15, 0.2) is 0 Å². The number of morpholine rings is 1. The van der Waals surface area contributed by atoms with Crippen LogP contribution in [0.2, 0.25) is 0 Å². The third-order valence-electron chi connectivity index (χ3n) is 3.69. The fraction of sp³-hybridized carbons (Fsp3) is 0.312. The van der Waals surface area contributed by atoms with Gasteiger partial charge in [0.05, 0.1) is 18.9 Å². The number of ether oxygens (including phenoxy) is 1. The molecule has 1 aromatic heterocycles. The summed E-state index contributed by atoms with van der Waals surface area (Å²) in [6.45, 7) is 2.00. The molecule has 0 spiro atoms. The van der Waals surface area contributed by atoms with Gasteiger partial charge in [0, 0.05) is 30.9 Å². The summed E-state index contributed by atoms with van der Waals surface area (Å²) in [5.74, 6) is -0.640. The van der Waals surface area contributed by atoms with Crippen molar-refractivity contribution in [3.63, 3.8) is 0 Å². The van der Waals surface area contributed by atoms with Gasteiger partial charge in [-0.15, -0.1) is 0 Å². The van der Waals surface area contributed by atoms with E-state index in [9.17, 15) is 9.59 Å². The molecule has 2 aromatic rings. The Morgan fingerprint density at radius 3 is 2.75 bits per heavy atom. The van der Waals surface area contributed by atoms with Crippen molar-refractivity contribution >= 4 is 17.5 Å². The van der Waals surface area contributed by atoms with Crippen LogP contribution >= 0.6 is 0 Å². The second kappa shape index (κ2) is 7.24. The average molecular weight is 329 g/mol. The van der Waals surface area contributed by atoms with E-state index in [1.807, 2.05) is 0 Å². The normalized spacial score (nSPS) is 17.4. The lowest BCUT2D eigenvalue weighted by atomic mass is 10.2. The van der Waals surface area contributed by atoms with Gasteiger partial charge in [-0.25, -0.2) is 4.68 Å². The monoisotopic (exact) mass is 329 g/mol. The van der Waals surface area contributed by atoms with Crippen LogP contribution in [0, 0.1) is 0 Å². The number of carbonyl (C=O) groups is 2. The SMILES string of the molecule is NC(=O)c1ccn(-c2ccc(NC(=O)CC3COCCN3)cc2)n1. The number of nitrogens with zero attached hydrogens (tertiary/aromatic N) is 2. The van der Waals surface area contributed by atoms with Crippen LogP contribution in [0.1, 0.15) is 16.9 Å². The van der Waals surface area contributed by atoms with Gasteiger partial charge < -0.3 is 21.1 Å². The molecule has 1 aromatic carbocycles. The molecule has 1 aliphatic rings. The van der Waals surface area contributed by atoms with Crippen LogP contribution in [0.4, 0.5) is 5.69 Å². The summed E-state index contributed by atoms with van der Waals surface area (Å²) in [5, 5.41) is 10.2. The first-order valence-electron chi connectivity index (χ1n) is 7.69. The summed E-state index contributed by atoms with van der Waals surface area (Å²) in [5.41, 5.74) is 6.85. The number of benzene rings is 1. The average Bonchev–Trinajstić information content (AvgIpc) is 3.07. The highest BCUT2D eigenvalue weighted by Gasteiger charge is 2.16. The largest absolute Gasteiger partial charge is 0.378 e. The van der Waals surface area contributed by atoms with Crippen LogP contribution in [0.3, 0.4) is 0 Å². The Morgan fingerprint density at radius 1 is 1.33 bits per heavy atom. The summed E-state index contributed by atoms with van der Waals surface area (Å²) in [6.07, 6.45) is 2.02. The molecule has 2 heterocycles. The maximum atomic E-state index is 12.0. The predicted molar refractivity (Wildman–Crippen MR) is 87.9 cm³/mol. The maximum absolute atomic E-state index is 12.0.